The number of carbonyl (C=O) groups is 1. The maximum Gasteiger partial charge on any atom is 0.245 e. The molecule has 1 saturated carbocycles. The first-order valence-corrected chi connectivity index (χ1v) is 13.1. The molecular formula is C25H35N7O2. The first kappa shape index (κ1) is 21.8. The van der Waals surface area contributed by atoms with Gasteiger partial charge in [-0.05, 0) is 51.4 Å². The summed E-state index contributed by atoms with van der Waals surface area (Å²) in [6.07, 6.45) is 11.1. The number of rotatable bonds is 5. The number of nitrogens with one attached hydrogen (secondary N) is 2. The first-order valence-electron chi connectivity index (χ1n) is 13.1. The van der Waals surface area contributed by atoms with E-state index < -0.39 is 12.1 Å². The topological polar surface area (TPSA) is 110 Å². The Hall–Kier alpha value is -2.68. The molecule has 2 aromatic heterocycles. The molecule has 0 spiro atoms. The molecule has 4 aliphatic rings. The lowest BCUT2D eigenvalue weighted by Gasteiger charge is -2.32. The minimum atomic E-state index is -0.549. The van der Waals surface area contributed by atoms with Crippen molar-refractivity contribution in [1.29, 1.82) is 0 Å². The number of H-pyrrole nitrogens is 1. The number of likely N-dealkylation sites (tertiary alicyclic amines) is 1. The molecule has 9 heteroatoms. The van der Waals surface area contributed by atoms with Crippen LogP contribution in [0.15, 0.2) is 6.07 Å². The summed E-state index contributed by atoms with van der Waals surface area (Å²) >= 11 is 0. The number of hydrogen-bond donors (Lipinski definition) is 3. The molecule has 2 aliphatic heterocycles. The molecule has 1 unspecified atom stereocenters. The van der Waals surface area contributed by atoms with Crippen molar-refractivity contribution in [1.82, 2.24) is 25.1 Å². The third-order valence-electron chi connectivity index (χ3n) is 8.05. The third kappa shape index (κ3) is 4.15. The highest BCUT2D eigenvalue weighted by Gasteiger charge is 2.40. The van der Waals surface area contributed by atoms with Crippen LogP contribution in [0.1, 0.15) is 80.7 Å². The quantitative estimate of drug-likeness (QED) is 0.622. The van der Waals surface area contributed by atoms with Crippen LogP contribution in [0.25, 0.3) is 0 Å². The van der Waals surface area contributed by atoms with Crippen molar-refractivity contribution in [2.45, 2.75) is 88.7 Å². The second-order valence-electron chi connectivity index (χ2n) is 10.4. The second-order valence-corrected chi connectivity index (χ2v) is 10.4. The molecule has 0 bridgehead atoms. The number of hydrogen-bond acceptors (Lipinski definition) is 7. The molecule has 3 N–H and O–H groups in total. The Morgan fingerprint density at radius 2 is 1.88 bits per heavy atom. The van der Waals surface area contributed by atoms with E-state index in [9.17, 15) is 9.90 Å². The third-order valence-corrected chi connectivity index (χ3v) is 8.05. The SMILES string of the molecule is O=C([C@H]1CC(O)CN1c1nc2c(c(Nc3cc(C4CCCC4)[nH]n3)n1)CCC2)N1CCCCC1. The predicted molar refractivity (Wildman–Crippen MR) is 129 cm³/mol. The largest absolute Gasteiger partial charge is 0.391 e. The minimum absolute atomic E-state index is 0.100. The lowest BCUT2D eigenvalue weighted by molar-refractivity contribution is -0.133. The van der Waals surface area contributed by atoms with Crippen LogP contribution in [0.4, 0.5) is 17.6 Å². The van der Waals surface area contributed by atoms with Crippen molar-refractivity contribution in [3.63, 3.8) is 0 Å². The number of carbonyl (C=O) groups excluding carboxylic acids is 1. The van der Waals surface area contributed by atoms with Gasteiger partial charge < -0.3 is 20.2 Å². The molecule has 2 atom stereocenters. The molecule has 3 fully saturated rings. The fraction of sp³-hybridized carbons (Fsp3) is 0.680. The zero-order valence-corrected chi connectivity index (χ0v) is 19.8. The molecule has 182 valence electrons. The van der Waals surface area contributed by atoms with Crippen LogP contribution in [0.3, 0.4) is 0 Å². The number of fused-ring (bicyclic) bond motifs is 1. The van der Waals surface area contributed by atoms with E-state index in [2.05, 4.69) is 21.6 Å². The van der Waals surface area contributed by atoms with Gasteiger partial charge in [0, 0.05) is 49.3 Å². The Kier molecular flexibility index (Phi) is 5.89. The molecule has 0 radical (unpaired) electrons. The van der Waals surface area contributed by atoms with E-state index in [0.717, 1.165) is 68.1 Å². The van der Waals surface area contributed by atoms with E-state index in [1.165, 1.54) is 37.8 Å². The zero-order chi connectivity index (χ0) is 23.1. The summed E-state index contributed by atoms with van der Waals surface area (Å²) in [4.78, 5) is 27.0. The number of aliphatic hydroxyl groups is 1. The number of aliphatic hydroxyl groups excluding tert-OH is 1. The monoisotopic (exact) mass is 465 g/mol. The molecule has 0 aromatic carbocycles. The van der Waals surface area contributed by atoms with Gasteiger partial charge in [0.05, 0.1) is 11.8 Å². The Balaban J connectivity index is 1.27. The number of nitrogens with zero attached hydrogens (tertiary/aromatic N) is 5. The van der Waals surface area contributed by atoms with Gasteiger partial charge in [0.15, 0.2) is 5.82 Å². The maximum atomic E-state index is 13.4. The smallest absolute Gasteiger partial charge is 0.245 e. The van der Waals surface area contributed by atoms with Crippen molar-refractivity contribution in [3.05, 3.63) is 23.0 Å². The number of piperidine rings is 1. The van der Waals surface area contributed by atoms with Gasteiger partial charge >= 0.3 is 0 Å². The lowest BCUT2D eigenvalue weighted by atomic mass is 10.0. The highest BCUT2D eigenvalue weighted by Crippen LogP contribution is 2.36. The molecule has 2 saturated heterocycles. The highest BCUT2D eigenvalue weighted by atomic mass is 16.3. The Labute approximate surface area is 200 Å². The average molecular weight is 466 g/mol. The lowest BCUT2D eigenvalue weighted by Crippen LogP contribution is -2.48. The summed E-state index contributed by atoms with van der Waals surface area (Å²) in [5, 5.41) is 21.7. The number of aryl methyl sites for hydroxylation is 1. The van der Waals surface area contributed by atoms with Gasteiger partial charge in [-0.15, -0.1) is 0 Å². The predicted octanol–water partition coefficient (Wildman–Crippen LogP) is 3.04. The maximum absolute atomic E-state index is 13.4. The molecule has 1 amide bonds. The number of aromatic nitrogens is 4. The number of β-amino-alcohol motifs (C(OH)–C–C–N with tert-alkyl or cyclic N) is 1. The normalized spacial score (nSPS) is 25.2. The van der Waals surface area contributed by atoms with Crippen molar-refractivity contribution in [3.8, 4) is 0 Å². The minimum Gasteiger partial charge on any atom is -0.391 e. The van der Waals surface area contributed by atoms with Crippen molar-refractivity contribution < 1.29 is 9.90 Å². The van der Waals surface area contributed by atoms with Gasteiger partial charge in [-0.3, -0.25) is 9.89 Å². The number of anilines is 3. The van der Waals surface area contributed by atoms with Gasteiger partial charge in [0.1, 0.15) is 11.9 Å². The molecular weight excluding hydrogens is 430 g/mol. The van der Waals surface area contributed by atoms with E-state index in [1.807, 2.05) is 9.80 Å². The number of amides is 1. The van der Waals surface area contributed by atoms with E-state index >= 15 is 0 Å². The van der Waals surface area contributed by atoms with Crippen LogP contribution in [0.5, 0.6) is 0 Å². The molecule has 6 rings (SSSR count). The van der Waals surface area contributed by atoms with E-state index in [1.54, 1.807) is 0 Å². The van der Waals surface area contributed by atoms with Crippen LogP contribution in [-0.4, -0.2) is 67.9 Å². The van der Waals surface area contributed by atoms with E-state index in [-0.39, 0.29) is 5.91 Å². The zero-order valence-electron chi connectivity index (χ0n) is 19.8. The Morgan fingerprint density at radius 1 is 1.06 bits per heavy atom. The standard InChI is InChI=1S/C25H35N7O2/c33-17-13-21(24(34)31-11-4-1-5-12-31)32(15-17)25-26-19-10-6-9-18(19)23(28-25)27-22-14-20(29-30-22)16-7-2-3-8-16/h14,16-17,21,33H,1-13,15H2,(H2,26,27,28,29,30)/t17?,21-/m1/s1. The summed E-state index contributed by atoms with van der Waals surface area (Å²) in [7, 11) is 0. The average Bonchev–Trinajstić information content (AvgIpc) is 3.65. The first-order chi connectivity index (χ1) is 16.7. The van der Waals surface area contributed by atoms with Gasteiger partial charge in [0.25, 0.3) is 0 Å². The Morgan fingerprint density at radius 3 is 2.71 bits per heavy atom. The molecule has 9 nitrogen and oxygen atoms in total. The van der Waals surface area contributed by atoms with E-state index in [0.29, 0.717) is 24.8 Å². The van der Waals surface area contributed by atoms with Crippen LogP contribution in [0.2, 0.25) is 0 Å². The van der Waals surface area contributed by atoms with Gasteiger partial charge in [-0.1, -0.05) is 12.8 Å². The molecule has 4 heterocycles. The summed E-state index contributed by atoms with van der Waals surface area (Å²) < 4.78 is 0. The molecule has 2 aromatic rings. The molecule has 2 aliphatic carbocycles. The second kappa shape index (κ2) is 9.17. The fourth-order valence-corrected chi connectivity index (χ4v) is 6.21. The summed E-state index contributed by atoms with van der Waals surface area (Å²) in [5.74, 6) is 2.78. The van der Waals surface area contributed by atoms with Gasteiger partial charge in [-0.25, -0.2) is 4.98 Å². The van der Waals surface area contributed by atoms with Crippen LogP contribution in [-0.2, 0) is 17.6 Å². The summed E-state index contributed by atoms with van der Waals surface area (Å²) in [5.41, 5.74) is 3.39. The van der Waals surface area contributed by atoms with Gasteiger partial charge in [-0.2, -0.15) is 10.1 Å². The van der Waals surface area contributed by atoms with Crippen LogP contribution >= 0.6 is 0 Å². The molecule has 34 heavy (non-hydrogen) atoms. The van der Waals surface area contributed by atoms with Crippen molar-refractivity contribution >= 4 is 23.5 Å². The summed E-state index contributed by atoms with van der Waals surface area (Å²) in [6, 6.07) is 1.71. The van der Waals surface area contributed by atoms with Crippen molar-refractivity contribution in [2.24, 2.45) is 0 Å². The summed E-state index contributed by atoms with van der Waals surface area (Å²) in [6.45, 7) is 2.00. The van der Waals surface area contributed by atoms with Gasteiger partial charge in [0.2, 0.25) is 11.9 Å². The van der Waals surface area contributed by atoms with Crippen molar-refractivity contribution in [2.75, 3.05) is 29.9 Å². The Bertz CT molecular complexity index is 1040. The highest BCUT2D eigenvalue weighted by molar-refractivity contribution is 5.85. The van der Waals surface area contributed by atoms with E-state index in [4.69, 9.17) is 9.97 Å². The number of aromatic amines is 1. The van der Waals surface area contributed by atoms with Crippen LogP contribution in [0, 0.1) is 0 Å². The fourth-order valence-electron chi connectivity index (χ4n) is 6.21. The van der Waals surface area contributed by atoms with Crippen LogP contribution < -0.4 is 10.2 Å².